The summed E-state index contributed by atoms with van der Waals surface area (Å²) in [4.78, 5) is 11.5. The first kappa shape index (κ1) is 17.0. The van der Waals surface area contributed by atoms with E-state index in [2.05, 4.69) is 5.32 Å². The topological polar surface area (TPSA) is 66.0 Å². The van der Waals surface area contributed by atoms with Crippen molar-refractivity contribution in [2.75, 3.05) is 26.3 Å². The molecule has 0 bridgehead atoms. The first-order valence-corrected chi connectivity index (χ1v) is 8.02. The quantitative estimate of drug-likeness (QED) is 0.873. The third-order valence-electron chi connectivity index (χ3n) is 4.06. The number of aryl methyl sites for hydroxylation is 1. The molecule has 0 aliphatic carbocycles. The molecule has 0 fully saturated rings. The van der Waals surface area contributed by atoms with E-state index < -0.39 is 0 Å². The van der Waals surface area contributed by atoms with Gasteiger partial charge in [0.1, 0.15) is 0 Å². The highest BCUT2D eigenvalue weighted by Gasteiger charge is 2.21. The third kappa shape index (κ3) is 3.63. The summed E-state index contributed by atoms with van der Waals surface area (Å²) >= 11 is 0. The molecule has 132 valence electrons. The number of methoxy groups -OCH3 is 2. The fourth-order valence-corrected chi connectivity index (χ4v) is 2.89. The lowest BCUT2D eigenvalue weighted by atomic mass is 10.0. The molecule has 3 rings (SSSR count). The second kappa shape index (κ2) is 7.34. The highest BCUT2D eigenvalue weighted by molar-refractivity contribution is 5.90. The van der Waals surface area contributed by atoms with Crippen LogP contribution < -0.4 is 24.3 Å². The van der Waals surface area contributed by atoms with Crippen LogP contribution >= 0.6 is 0 Å². The zero-order valence-corrected chi connectivity index (χ0v) is 14.5. The Kier molecular flexibility index (Phi) is 4.97. The number of hydrogen-bond donors (Lipinski definition) is 1. The van der Waals surface area contributed by atoms with E-state index in [9.17, 15) is 4.79 Å². The van der Waals surface area contributed by atoms with Crippen molar-refractivity contribution in [3.8, 4) is 23.0 Å². The Hall–Kier alpha value is -2.89. The summed E-state index contributed by atoms with van der Waals surface area (Å²) < 4.78 is 21.7. The molecule has 0 radical (unpaired) electrons. The summed E-state index contributed by atoms with van der Waals surface area (Å²) in [6, 6.07) is 9.50. The summed E-state index contributed by atoms with van der Waals surface area (Å²) in [6.45, 7) is 1.69. The van der Waals surface area contributed by atoms with Crippen molar-refractivity contribution in [3.05, 3.63) is 41.5 Å². The van der Waals surface area contributed by atoms with Gasteiger partial charge in [-0.1, -0.05) is 6.07 Å². The zero-order chi connectivity index (χ0) is 17.8. The van der Waals surface area contributed by atoms with E-state index in [1.807, 2.05) is 30.3 Å². The Morgan fingerprint density at radius 2 is 1.88 bits per heavy atom. The average Bonchev–Trinajstić information content (AvgIpc) is 3.08. The van der Waals surface area contributed by atoms with E-state index in [0.29, 0.717) is 29.4 Å². The SMILES string of the molecule is COc1ccc(CCc2c(NC(C)=O)ccc3c2OCO3)cc1OC. The summed E-state index contributed by atoms with van der Waals surface area (Å²) in [5, 5.41) is 2.86. The second-order valence-corrected chi connectivity index (χ2v) is 5.70. The van der Waals surface area contributed by atoms with E-state index in [4.69, 9.17) is 18.9 Å². The van der Waals surface area contributed by atoms with Gasteiger partial charge >= 0.3 is 0 Å². The maximum atomic E-state index is 11.5. The van der Waals surface area contributed by atoms with Crippen molar-refractivity contribution in [2.45, 2.75) is 19.8 Å². The molecule has 6 nitrogen and oxygen atoms in total. The summed E-state index contributed by atoms with van der Waals surface area (Å²) in [7, 11) is 3.23. The van der Waals surface area contributed by atoms with E-state index in [1.54, 1.807) is 14.2 Å². The molecule has 0 unspecified atom stereocenters. The lowest BCUT2D eigenvalue weighted by Crippen LogP contribution is -2.09. The number of carbonyl (C=O) groups is 1. The largest absolute Gasteiger partial charge is 0.493 e. The number of nitrogens with one attached hydrogen (secondary N) is 1. The minimum Gasteiger partial charge on any atom is -0.493 e. The Bertz CT molecular complexity index is 788. The highest BCUT2D eigenvalue weighted by atomic mass is 16.7. The number of ether oxygens (including phenoxy) is 4. The highest BCUT2D eigenvalue weighted by Crippen LogP contribution is 2.40. The summed E-state index contributed by atoms with van der Waals surface area (Å²) in [6.07, 6.45) is 1.45. The summed E-state index contributed by atoms with van der Waals surface area (Å²) in [5.41, 5.74) is 2.78. The number of rotatable bonds is 6. The molecule has 1 heterocycles. The molecule has 1 aliphatic heterocycles. The van der Waals surface area contributed by atoms with Crippen molar-refractivity contribution in [3.63, 3.8) is 0 Å². The zero-order valence-electron chi connectivity index (χ0n) is 14.5. The molecule has 0 aromatic heterocycles. The smallest absolute Gasteiger partial charge is 0.231 e. The van der Waals surface area contributed by atoms with Crippen LogP contribution in [0.3, 0.4) is 0 Å². The lowest BCUT2D eigenvalue weighted by molar-refractivity contribution is -0.114. The lowest BCUT2D eigenvalue weighted by Gasteiger charge is -2.14. The first-order chi connectivity index (χ1) is 12.1. The molecule has 0 saturated carbocycles. The Morgan fingerprint density at radius 1 is 1.08 bits per heavy atom. The van der Waals surface area contributed by atoms with Crippen LogP contribution in [0.5, 0.6) is 23.0 Å². The molecule has 1 amide bonds. The summed E-state index contributed by atoms with van der Waals surface area (Å²) in [5.74, 6) is 2.68. The van der Waals surface area contributed by atoms with Gasteiger partial charge < -0.3 is 24.3 Å². The minimum absolute atomic E-state index is 0.119. The third-order valence-corrected chi connectivity index (χ3v) is 4.06. The van der Waals surface area contributed by atoms with Crippen LogP contribution in [0, 0.1) is 0 Å². The van der Waals surface area contributed by atoms with Crippen molar-refractivity contribution in [2.24, 2.45) is 0 Å². The van der Waals surface area contributed by atoms with Gasteiger partial charge in [0.2, 0.25) is 12.7 Å². The maximum Gasteiger partial charge on any atom is 0.231 e. The maximum absolute atomic E-state index is 11.5. The molecule has 2 aromatic rings. The van der Waals surface area contributed by atoms with Crippen molar-refractivity contribution in [1.82, 2.24) is 0 Å². The number of amides is 1. The molecule has 25 heavy (non-hydrogen) atoms. The van der Waals surface area contributed by atoms with Crippen LogP contribution in [0.15, 0.2) is 30.3 Å². The predicted octanol–water partition coefficient (Wildman–Crippen LogP) is 3.18. The minimum atomic E-state index is -0.119. The molecular formula is C19H21NO5. The van der Waals surface area contributed by atoms with Gasteiger partial charge in [-0.05, 0) is 42.7 Å². The van der Waals surface area contributed by atoms with Gasteiger partial charge in [0.15, 0.2) is 23.0 Å². The standard InChI is InChI=1S/C19H21NO5/c1-12(21)20-15-7-9-17-19(25-11-24-17)14(15)6-4-13-5-8-16(22-2)18(10-13)23-3/h5,7-10H,4,6,11H2,1-3H3,(H,20,21). The van der Waals surface area contributed by atoms with Gasteiger partial charge in [-0.25, -0.2) is 0 Å². The monoisotopic (exact) mass is 343 g/mol. The van der Waals surface area contributed by atoms with Crippen LogP contribution in [-0.2, 0) is 17.6 Å². The van der Waals surface area contributed by atoms with Gasteiger partial charge in [-0.3, -0.25) is 4.79 Å². The molecule has 0 saturated heterocycles. The van der Waals surface area contributed by atoms with Crippen LogP contribution in [-0.4, -0.2) is 26.9 Å². The van der Waals surface area contributed by atoms with Crippen molar-refractivity contribution in [1.29, 1.82) is 0 Å². The molecule has 1 N–H and O–H groups in total. The van der Waals surface area contributed by atoms with Gasteiger partial charge in [0, 0.05) is 18.2 Å². The van der Waals surface area contributed by atoms with Gasteiger partial charge in [-0.15, -0.1) is 0 Å². The number of benzene rings is 2. The Labute approximate surface area is 146 Å². The Morgan fingerprint density at radius 3 is 2.60 bits per heavy atom. The van der Waals surface area contributed by atoms with Gasteiger partial charge in [-0.2, -0.15) is 0 Å². The fourth-order valence-electron chi connectivity index (χ4n) is 2.89. The molecule has 0 spiro atoms. The van der Waals surface area contributed by atoms with Gasteiger partial charge in [0.25, 0.3) is 0 Å². The Balaban J connectivity index is 1.85. The second-order valence-electron chi connectivity index (χ2n) is 5.70. The molecule has 1 aliphatic rings. The van der Waals surface area contributed by atoms with Crippen LogP contribution in [0.2, 0.25) is 0 Å². The fraction of sp³-hybridized carbons (Fsp3) is 0.316. The molecule has 2 aromatic carbocycles. The van der Waals surface area contributed by atoms with E-state index in [1.165, 1.54) is 6.92 Å². The molecular weight excluding hydrogens is 322 g/mol. The number of fused-ring (bicyclic) bond motifs is 1. The first-order valence-electron chi connectivity index (χ1n) is 8.02. The van der Waals surface area contributed by atoms with Crippen LogP contribution in [0.25, 0.3) is 0 Å². The van der Waals surface area contributed by atoms with Crippen LogP contribution in [0.1, 0.15) is 18.1 Å². The normalized spacial score (nSPS) is 12.0. The van der Waals surface area contributed by atoms with Crippen molar-refractivity contribution >= 4 is 11.6 Å². The predicted molar refractivity (Wildman–Crippen MR) is 93.8 cm³/mol. The molecule has 6 heteroatoms. The van der Waals surface area contributed by atoms with E-state index in [-0.39, 0.29) is 12.7 Å². The van der Waals surface area contributed by atoms with Crippen molar-refractivity contribution < 1.29 is 23.7 Å². The number of carbonyl (C=O) groups excluding carboxylic acids is 1. The molecule has 0 atom stereocenters. The van der Waals surface area contributed by atoms with Gasteiger partial charge in [0.05, 0.1) is 14.2 Å². The number of anilines is 1. The van der Waals surface area contributed by atoms with Crippen LogP contribution in [0.4, 0.5) is 5.69 Å². The average molecular weight is 343 g/mol. The van der Waals surface area contributed by atoms with E-state index in [0.717, 1.165) is 23.2 Å². The van der Waals surface area contributed by atoms with E-state index >= 15 is 0 Å². The number of hydrogen-bond acceptors (Lipinski definition) is 5.